The Morgan fingerprint density at radius 2 is 2.31 bits per heavy atom. The van der Waals surface area contributed by atoms with E-state index in [0.29, 0.717) is 11.7 Å². The SMILES string of the molecule is O=C(O)/C=C/c1ncc(C2CCOCC2)[nH]1. The van der Waals surface area contributed by atoms with Crippen LogP contribution in [-0.4, -0.2) is 34.3 Å². The van der Waals surface area contributed by atoms with Crippen LogP contribution in [0.5, 0.6) is 0 Å². The maximum absolute atomic E-state index is 10.3. The van der Waals surface area contributed by atoms with Gasteiger partial charge in [0.2, 0.25) is 0 Å². The van der Waals surface area contributed by atoms with Gasteiger partial charge in [0.25, 0.3) is 0 Å². The van der Waals surface area contributed by atoms with Gasteiger partial charge in [0.05, 0.1) is 0 Å². The number of carboxylic acids is 1. The second-order valence-electron chi connectivity index (χ2n) is 3.78. The van der Waals surface area contributed by atoms with Crippen LogP contribution in [0.4, 0.5) is 0 Å². The van der Waals surface area contributed by atoms with Gasteiger partial charge in [0.1, 0.15) is 5.82 Å². The first kappa shape index (κ1) is 10.9. The van der Waals surface area contributed by atoms with Crippen molar-refractivity contribution in [3.8, 4) is 0 Å². The molecule has 0 radical (unpaired) electrons. The highest BCUT2D eigenvalue weighted by Crippen LogP contribution is 2.25. The van der Waals surface area contributed by atoms with Crippen molar-refractivity contribution in [2.75, 3.05) is 13.2 Å². The summed E-state index contributed by atoms with van der Waals surface area (Å²) >= 11 is 0. The number of ether oxygens (including phenoxy) is 1. The van der Waals surface area contributed by atoms with E-state index in [1.54, 1.807) is 6.20 Å². The molecule has 5 heteroatoms. The van der Waals surface area contributed by atoms with E-state index in [1.807, 2.05) is 0 Å². The number of carbonyl (C=O) groups is 1. The summed E-state index contributed by atoms with van der Waals surface area (Å²) in [6, 6.07) is 0. The summed E-state index contributed by atoms with van der Waals surface area (Å²) in [5.41, 5.74) is 1.06. The van der Waals surface area contributed by atoms with Crippen molar-refractivity contribution in [1.29, 1.82) is 0 Å². The lowest BCUT2D eigenvalue weighted by molar-refractivity contribution is -0.131. The Hall–Kier alpha value is -1.62. The number of nitrogens with zero attached hydrogens (tertiary/aromatic N) is 1. The average molecular weight is 222 g/mol. The molecule has 16 heavy (non-hydrogen) atoms. The van der Waals surface area contributed by atoms with Crippen LogP contribution in [0.1, 0.15) is 30.3 Å². The molecule has 0 atom stereocenters. The molecule has 1 aromatic heterocycles. The lowest BCUT2D eigenvalue weighted by Gasteiger charge is -2.20. The molecule has 1 saturated heterocycles. The smallest absolute Gasteiger partial charge is 0.328 e. The molecule has 0 unspecified atom stereocenters. The zero-order valence-electron chi connectivity index (χ0n) is 8.85. The van der Waals surface area contributed by atoms with E-state index in [1.165, 1.54) is 6.08 Å². The van der Waals surface area contributed by atoms with E-state index in [4.69, 9.17) is 9.84 Å². The number of aliphatic carboxylic acids is 1. The number of carboxylic acid groups (broad SMARTS) is 1. The molecule has 2 N–H and O–H groups in total. The molecular weight excluding hydrogens is 208 g/mol. The van der Waals surface area contributed by atoms with Crippen LogP contribution in [-0.2, 0) is 9.53 Å². The summed E-state index contributed by atoms with van der Waals surface area (Å²) < 4.78 is 5.28. The number of aromatic amines is 1. The molecule has 0 aromatic carbocycles. The van der Waals surface area contributed by atoms with Crippen molar-refractivity contribution in [1.82, 2.24) is 9.97 Å². The normalized spacial score (nSPS) is 18.0. The number of H-pyrrole nitrogens is 1. The molecule has 0 aliphatic carbocycles. The Morgan fingerprint density at radius 3 is 3.00 bits per heavy atom. The molecule has 2 heterocycles. The molecule has 5 nitrogen and oxygen atoms in total. The first-order valence-electron chi connectivity index (χ1n) is 5.29. The minimum absolute atomic E-state index is 0.452. The number of hydrogen-bond acceptors (Lipinski definition) is 3. The number of hydrogen-bond donors (Lipinski definition) is 2. The van der Waals surface area contributed by atoms with Gasteiger partial charge in [-0.1, -0.05) is 0 Å². The minimum atomic E-state index is -0.969. The van der Waals surface area contributed by atoms with E-state index in [2.05, 4.69) is 9.97 Å². The van der Waals surface area contributed by atoms with Gasteiger partial charge in [0, 0.05) is 37.1 Å². The van der Waals surface area contributed by atoms with Crippen molar-refractivity contribution in [2.45, 2.75) is 18.8 Å². The molecule has 86 valence electrons. The minimum Gasteiger partial charge on any atom is -0.478 e. The fourth-order valence-corrected chi connectivity index (χ4v) is 1.80. The van der Waals surface area contributed by atoms with Crippen molar-refractivity contribution in [3.63, 3.8) is 0 Å². The number of rotatable bonds is 3. The predicted molar refractivity (Wildman–Crippen MR) is 58.1 cm³/mol. The quantitative estimate of drug-likeness (QED) is 0.758. The van der Waals surface area contributed by atoms with E-state index in [-0.39, 0.29) is 0 Å². The first-order valence-corrected chi connectivity index (χ1v) is 5.29. The number of aromatic nitrogens is 2. The largest absolute Gasteiger partial charge is 0.478 e. The molecule has 1 fully saturated rings. The molecule has 0 amide bonds. The number of nitrogens with one attached hydrogen (secondary N) is 1. The van der Waals surface area contributed by atoms with Gasteiger partial charge in [-0.05, 0) is 18.9 Å². The van der Waals surface area contributed by atoms with Crippen LogP contribution < -0.4 is 0 Å². The monoisotopic (exact) mass is 222 g/mol. The molecule has 0 bridgehead atoms. The van der Waals surface area contributed by atoms with Gasteiger partial charge in [-0.3, -0.25) is 0 Å². The maximum atomic E-state index is 10.3. The predicted octanol–water partition coefficient (Wildman–Crippen LogP) is 1.40. The second kappa shape index (κ2) is 4.94. The van der Waals surface area contributed by atoms with Gasteiger partial charge in [-0.15, -0.1) is 0 Å². The lowest BCUT2D eigenvalue weighted by atomic mass is 9.97. The van der Waals surface area contributed by atoms with Gasteiger partial charge < -0.3 is 14.8 Å². The standard InChI is InChI=1S/C11H14N2O3/c14-11(15)2-1-10-12-7-9(13-10)8-3-5-16-6-4-8/h1-2,7-8H,3-6H2,(H,12,13)(H,14,15)/b2-1+. The fraction of sp³-hybridized carbons (Fsp3) is 0.455. The van der Waals surface area contributed by atoms with Crippen LogP contribution >= 0.6 is 0 Å². The van der Waals surface area contributed by atoms with Crippen molar-refractivity contribution >= 4 is 12.0 Å². The van der Waals surface area contributed by atoms with E-state index in [0.717, 1.165) is 37.8 Å². The second-order valence-corrected chi connectivity index (χ2v) is 3.78. The Morgan fingerprint density at radius 1 is 1.56 bits per heavy atom. The van der Waals surface area contributed by atoms with Crippen LogP contribution in [0.15, 0.2) is 12.3 Å². The van der Waals surface area contributed by atoms with Crippen molar-refractivity contribution in [3.05, 3.63) is 23.8 Å². The summed E-state index contributed by atoms with van der Waals surface area (Å²) in [6.07, 6.45) is 6.30. The van der Waals surface area contributed by atoms with Crippen molar-refractivity contribution in [2.24, 2.45) is 0 Å². The van der Waals surface area contributed by atoms with Gasteiger partial charge in [0.15, 0.2) is 0 Å². The van der Waals surface area contributed by atoms with E-state index in [9.17, 15) is 4.79 Å². The maximum Gasteiger partial charge on any atom is 0.328 e. The van der Waals surface area contributed by atoms with E-state index < -0.39 is 5.97 Å². The summed E-state index contributed by atoms with van der Waals surface area (Å²) in [4.78, 5) is 17.6. The zero-order valence-corrected chi connectivity index (χ0v) is 8.85. The third-order valence-corrected chi connectivity index (χ3v) is 2.66. The summed E-state index contributed by atoms with van der Waals surface area (Å²) in [7, 11) is 0. The fourth-order valence-electron chi connectivity index (χ4n) is 1.80. The van der Waals surface area contributed by atoms with E-state index >= 15 is 0 Å². The highest BCUT2D eigenvalue weighted by Gasteiger charge is 2.17. The van der Waals surface area contributed by atoms with Gasteiger partial charge >= 0.3 is 5.97 Å². The zero-order chi connectivity index (χ0) is 11.4. The Bertz CT molecular complexity index is 392. The molecule has 1 aliphatic rings. The molecule has 1 aliphatic heterocycles. The molecule has 1 aromatic rings. The van der Waals surface area contributed by atoms with Crippen LogP contribution in [0.3, 0.4) is 0 Å². The third kappa shape index (κ3) is 2.70. The summed E-state index contributed by atoms with van der Waals surface area (Å²) in [6.45, 7) is 1.56. The number of imidazole rings is 1. The Balaban J connectivity index is 2.03. The lowest BCUT2D eigenvalue weighted by Crippen LogP contribution is -2.14. The van der Waals surface area contributed by atoms with Crippen LogP contribution in [0.25, 0.3) is 6.08 Å². The first-order chi connectivity index (χ1) is 7.75. The molecule has 2 rings (SSSR count). The topological polar surface area (TPSA) is 75.2 Å². The highest BCUT2D eigenvalue weighted by atomic mass is 16.5. The third-order valence-electron chi connectivity index (χ3n) is 2.66. The molecular formula is C11H14N2O3. The van der Waals surface area contributed by atoms with Crippen LogP contribution in [0.2, 0.25) is 0 Å². The summed E-state index contributed by atoms with van der Waals surface area (Å²) in [5.74, 6) is 0.0705. The van der Waals surface area contributed by atoms with Gasteiger partial charge in [-0.25, -0.2) is 9.78 Å². The Kier molecular flexibility index (Phi) is 3.36. The van der Waals surface area contributed by atoms with Crippen LogP contribution in [0, 0.1) is 0 Å². The highest BCUT2D eigenvalue weighted by molar-refractivity contribution is 5.84. The van der Waals surface area contributed by atoms with Crippen molar-refractivity contribution < 1.29 is 14.6 Å². The average Bonchev–Trinajstić information content (AvgIpc) is 2.76. The Labute approximate surface area is 93.2 Å². The molecule has 0 spiro atoms. The van der Waals surface area contributed by atoms with Gasteiger partial charge in [-0.2, -0.15) is 0 Å². The summed E-state index contributed by atoms with van der Waals surface area (Å²) in [5, 5.41) is 8.49. The molecule has 0 saturated carbocycles.